The average Bonchev–Trinajstić information content (AvgIpc) is 2.49. The Kier molecular flexibility index (Phi) is 5.04. The molecule has 2 aromatic carbocycles. The molecule has 0 saturated heterocycles. The molecule has 0 radical (unpaired) electrons. The Morgan fingerprint density at radius 1 is 1.19 bits per heavy atom. The van der Waals surface area contributed by atoms with Gasteiger partial charge in [-0.15, -0.1) is 0 Å². The van der Waals surface area contributed by atoms with Gasteiger partial charge in [0.25, 0.3) is 5.91 Å². The van der Waals surface area contributed by atoms with Crippen LogP contribution in [0.15, 0.2) is 53.6 Å². The maximum Gasteiger partial charge on any atom is 0.259 e. The molecule has 1 amide bonds. The first-order chi connectivity index (χ1) is 10.1. The van der Waals surface area contributed by atoms with Gasteiger partial charge in [-0.3, -0.25) is 4.79 Å². The number of hydrogen-bond donors (Lipinski definition) is 2. The Labute approximate surface area is 122 Å². The van der Waals surface area contributed by atoms with E-state index >= 15 is 0 Å². The van der Waals surface area contributed by atoms with Crippen molar-refractivity contribution >= 4 is 17.8 Å². The number of rotatable bonds is 5. The lowest BCUT2D eigenvalue weighted by atomic mass is 10.2. The third-order valence-electron chi connectivity index (χ3n) is 2.80. The smallest absolute Gasteiger partial charge is 0.259 e. The van der Waals surface area contributed by atoms with E-state index in [2.05, 4.69) is 15.8 Å². The van der Waals surface area contributed by atoms with Gasteiger partial charge in [0.15, 0.2) is 0 Å². The molecule has 4 nitrogen and oxygen atoms in total. The fourth-order valence-corrected chi connectivity index (χ4v) is 1.65. The molecule has 0 aliphatic heterocycles. The summed E-state index contributed by atoms with van der Waals surface area (Å²) < 4.78 is 13.3. The summed E-state index contributed by atoms with van der Waals surface area (Å²) in [4.78, 5) is 11.6. The van der Waals surface area contributed by atoms with E-state index in [1.807, 2.05) is 31.2 Å². The zero-order valence-electron chi connectivity index (χ0n) is 11.6. The monoisotopic (exact) mass is 285 g/mol. The van der Waals surface area contributed by atoms with Crippen LogP contribution in [0.3, 0.4) is 0 Å². The first-order valence-electron chi connectivity index (χ1n) is 6.52. The molecule has 2 aromatic rings. The lowest BCUT2D eigenvalue weighted by Crippen LogP contribution is -2.25. The first kappa shape index (κ1) is 14.7. The first-order valence-corrected chi connectivity index (χ1v) is 6.52. The van der Waals surface area contributed by atoms with E-state index in [0.717, 1.165) is 11.3 Å². The summed E-state index contributed by atoms with van der Waals surface area (Å²) in [5, 5.41) is 6.70. The summed E-state index contributed by atoms with van der Waals surface area (Å²) in [6, 6.07) is 13.9. The highest BCUT2D eigenvalue weighted by atomic mass is 19.1. The number of carbonyl (C=O) groups excluding carboxylic acids is 1. The van der Waals surface area contributed by atoms with Crippen molar-refractivity contribution in [3.05, 3.63) is 65.5 Å². The Morgan fingerprint density at radius 2 is 1.90 bits per heavy atom. The lowest BCUT2D eigenvalue weighted by molar-refractivity contribution is -0.119. The predicted octanol–water partition coefficient (Wildman–Crippen LogP) is 2.70. The largest absolute Gasteiger partial charge is 0.376 e. The molecule has 0 saturated carbocycles. The standard InChI is InChI=1S/C16H16FN3O/c1-12-6-8-14(9-7-12)18-11-16(21)20-19-10-13-4-2-3-5-15(13)17/h2-10,18H,11H2,1H3,(H,20,21)/b19-10-. The predicted molar refractivity (Wildman–Crippen MR) is 81.8 cm³/mol. The van der Waals surface area contributed by atoms with Gasteiger partial charge in [-0.25, -0.2) is 9.82 Å². The highest BCUT2D eigenvalue weighted by Crippen LogP contribution is 2.07. The number of carbonyl (C=O) groups is 1. The number of nitrogens with zero attached hydrogens (tertiary/aromatic N) is 1. The van der Waals surface area contributed by atoms with Crippen LogP contribution < -0.4 is 10.7 Å². The number of hydrogen-bond acceptors (Lipinski definition) is 3. The van der Waals surface area contributed by atoms with Crippen LogP contribution in [-0.4, -0.2) is 18.7 Å². The summed E-state index contributed by atoms with van der Waals surface area (Å²) in [5.74, 6) is -0.684. The second kappa shape index (κ2) is 7.19. The van der Waals surface area contributed by atoms with Crippen LogP contribution in [-0.2, 0) is 4.79 Å². The molecule has 2 N–H and O–H groups in total. The Morgan fingerprint density at radius 3 is 2.62 bits per heavy atom. The van der Waals surface area contributed by atoms with Gasteiger partial charge in [0.2, 0.25) is 0 Å². The number of anilines is 1. The Balaban J connectivity index is 1.80. The van der Waals surface area contributed by atoms with Crippen LogP contribution in [0.5, 0.6) is 0 Å². The third kappa shape index (κ3) is 4.72. The molecule has 0 aliphatic carbocycles. The van der Waals surface area contributed by atoms with Gasteiger partial charge in [-0.1, -0.05) is 35.9 Å². The summed E-state index contributed by atoms with van der Waals surface area (Å²) in [5.41, 5.74) is 4.67. The molecule has 21 heavy (non-hydrogen) atoms. The van der Waals surface area contributed by atoms with Gasteiger partial charge < -0.3 is 5.32 Å². The molecule has 0 spiro atoms. The van der Waals surface area contributed by atoms with Crippen molar-refractivity contribution in [1.29, 1.82) is 0 Å². The van der Waals surface area contributed by atoms with Gasteiger partial charge >= 0.3 is 0 Å². The minimum absolute atomic E-state index is 0.0949. The summed E-state index contributed by atoms with van der Waals surface area (Å²) >= 11 is 0. The van der Waals surface area contributed by atoms with E-state index in [9.17, 15) is 9.18 Å². The van der Waals surface area contributed by atoms with Crippen LogP contribution in [0, 0.1) is 12.7 Å². The molecule has 108 valence electrons. The van der Waals surface area contributed by atoms with Gasteiger partial charge in [0.1, 0.15) is 5.82 Å². The van der Waals surface area contributed by atoms with Crippen molar-refractivity contribution < 1.29 is 9.18 Å². The normalized spacial score (nSPS) is 10.6. The van der Waals surface area contributed by atoms with Crippen molar-refractivity contribution in [3.63, 3.8) is 0 Å². The van der Waals surface area contributed by atoms with Crippen molar-refractivity contribution in [1.82, 2.24) is 5.43 Å². The van der Waals surface area contributed by atoms with E-state index < -0.39 is 0 Å². The van der Waals surface area contributed by atoms with E-state index in [4.69, 9.17) is 0 Å². The molecule has 0 aliphatic rings. The highest BCUT2D eigenvalue weighted by molar-refractivity contribution is 5.84. The van der Waals surface area contributed by atoms with E-state index in [1.54, 1.807) is 18.2 Å². The van der Waals surface area contributed by atoms with Crippen LogP contribution in [0.4, 0.5) is 10.1 Å². The highest BCUT2D eigenvalue weighted by Gasteiger charge is 2.00. The molecule has 0 fully saturated rings. The van der Waals surface area contributed by atoms with Crippen LogP contribution in [0.2, 0.25) is 0 Å². The SMILES string of the molecule is Cc1ccc(NCC(=O)N/N=C\c2ccccc2F)cc1. The van der Waals surface area contributed by atoms with Crippen molar-refractivity contribution in [3.8, 4) is 0 Å². The van der Waals surface area contributed by atoms with E-state index in [0.29, 0.717) is 5.56 Å². The van der Waals surface area contributed by atoms with Gasteiger partial charge in [0.05, 0.1) is 12.8 Å². The molecule has 0 heterocycles. The Hall–Kier alpha value is -2.69. The van der Waals surface area contributed by atoms with Gasteiger partial charge in [0, 0.05) is 11.3 Å². The van der Waals surface area contributed by atoms with Crippen LogP contribution in [0.25, 0.3) is 0 Å². The van der Waals surface area contributed by atoms with Crippen molar-refractivity contribution in [2.45, 2.75) is 6.92 Å². The fourth-order valence-electron chi connectivity index (χ4n) is 1.65. The Bertz CT molecular complexity index is 638. The maximum absolute atomic E-state index is 13.3. The van der Waals surface area contributed by atoms with Crippen LogP contribution >= 0.6 is 0 Å². The summed E-state index contributed by atoms with van der Waals surface area (Å²) in [7, 11) is 0. The van der Waals surface area contributed by atoms with Crippen LogP contribution in [0.1, 0.15) is 11.1 Å². The zero-order valence-corrected chi connectivity index (χ0v) is 11.6. The molecular formula is C16H16FN3O. The zero-order chi connectivity index (χ0) is 15.1. The second-order valence-corrected chi connectivity index (χ2v) is 4.53. The fraction of sp³-hybridized carbons (Fsp3) is 0.125. The summed E-state index contributed by atoms with van der Waals surface area (Å²) in [6.07, 6.45) is 1.28. The van der Waals surface area contributed by atoms with Gasteiger partial charge in [-0.2, -0.15) is 5.10 Å². The second-order valence-electron chi connectivity index (χ2n) is 4.53. The number of amides is 1. The number of hydrazone groups is 1. The molecule has 0 aromatic heterocycles. The quantitative estimate of drug-likeness (QED) is 0.655. The number of halogens is 1. The number of nitrogens with one attached hydrogen (secondary N) is 2. The molecule has 0 atom stereocenters. The molecular weight excluding hydrogens is 269 g/mol. The average molecular weight is 285 g/mol. The number of aryl methyl sites for hydroxylation is 1. The van der Waals surface area contributed by atoms with Crippen molar-refractivity contribution in [2.75, 3.05) is 11.9 Å². The molecule has 5 heteroatoms. The topological polar surface area (TPSA) is 53.5 Å². The summed E-state index contributed by atoms with van der Waals surface area (Å²) in [6.45, 7) is 2.09. The minimum Gasteiger partial charge on any atom is -0.376 e. The van der Waals surface area contributed by atoms with Gasteiger partial charge in [-0.05, 0) is 25.1 Å². The third-order valence-corrected chi connectivity index (χ3v) is 2.80. The minimum atomic E-state index is -0.381. The molecule has 0 bridgehead atoms. The maximum atomic E-state index is 13.3. The molecule has 0 unspecified atom stereocenters. The van der Waals surface area contributed by atoms with E-state index in [-0.39, 0.29) is 18.3 Å². The number of benzene rings is 2. The lowest BCUT2D eigenvalue weighted by Gasteiger charge is -2.05. The van der Waals surface area contributed by atoms with E-state index in [1.165, 1.54) is 12.3 Å². The van der Waals surface area contributed by atoms with Crippen molar-refractivity contribution in [2.24, 2.45) is 5.10 Å². The molecule has 2 rings (SSSR count).